The van der Waals surface area contributed by atoms with Gasteiger partial charge in [0.05, 0.1) is 0 Å². The highest BCUT2D eigenvalue weighted by Crippen LogP contribution is 2.09. The number of terminal acetylenes is 1. The quantitative estimate of drug-likeness (QED) is 0.514. The molecular weight excluding hydrogens is 144 g/mol. The van der Waals surface area contributed by atoms with Gasteiger partial charge in [0.15, 0.2) is 0 Å². The molecular formula is C12H14. The molecule has 0 saturated carbocycles. The highest BCUT2D eigenvalue weighted by molar-refractivity contribution is 5.31. The average molecular weight is 158 g/mol. The van der Waals surface area contributed by atoms with E-state index >= 15 is 0 Å². The van der Waals surface area contributed by atoms with Crippen LogP contribution in [0.3, 0.4) is 0 Å². The maximum Gasteiger partial charge on any atom is -0.00943 e. The van der Waals surface area contributed by atoms with Gasteiger partial charge in [0.1, 0.15) is 0 Å². The fourth-order valence-corrected chi connectivity index (χ4v) is 0.873. The van der Waals surface area contributed by atoms with Gasteiger partial charge in [-0.05, 0) is 18.9 Å². The SMILES string of the molecule is C#C.C/C=C\C=C1\C=CC=CC1. The summed E-state index contributed by atoms with van der Waals surface area (Å²) >= 11 is 0. The van der Waals surface area contributed by atoms with Crippen LogP contribution < -0.4 is 0 Å². The lowest BCUT2D eigenvalue weighted by Crippen LogP contribution is -1.78. The highest BCUT2D eigenvalue weighted by atomic mass is 13.9. The lowest BCUT2D eigenvalue weighted by atomic mass is 10.1. The average Bonchev–Trinajstić information content (AvgIpc) is 2.19. The largest absolute Gasteiger partial charge is 0.124 e. The fourth-order valence-electron chi connectivity index (χ4n) is 0.873. The molecule has 1 aliphatic carbocycles. The predicted octanol–water partition coefficient (Wildman–Crippen LogP) is 3.25. The van der Waals surface area contributed by atoms with Gasteiger partial charge in [-0.3, -0.25) is 0 Å². The van der Waals surface area contributed by atoms with E-state index in [1.54, 1.807) is 0 Å². The molecule has 0 aromatic carbocycles. The van der Waals surface area contributed by atoms with Crippen molar-refractivity contribution in [2.24, 2.45) is 0 Å². The molecule has 0 nitrogen and oxygen atoms in total. The third-order valence-corrected chi connectivity index (χ3v) is 1.41. The Hall–Kier alpha value is -1.48. The van der Waals surface area contributed by atoms with Crippen molar-refractivity contribution in [3.05, 3.63) is 48.1 Å². The van der Waals surface area contributed by atoms with Gasteiger partial charge in [0.25, 0.3) is 0 Å². The van der Waals surface area contributed by atoms with E-state index in [2.05, 4.69) is 49.3 Å². The Balaban J connectivity index is 0.000000561. The normalized spacial score (nSPS) is 17.8. The number of hydrogen-bond donors (Lipinski definition) is 0. The summed E-state index contributed by atoms with van der Waals surface area (Å²) in [5.74, 6) is 0. The molecule has 0 N–H and O–H groups in total. The first-order chi connectivity index (χ1) is 5.93. The lowest BCUT2D eigenvalue weighted by Gasteiger charge is -1.98. The van der Waals surface area contributed by atoms with Crippen LogP contribution >= 0.6 is 0 Å². The maximum absolute atomic E-state index is 4.00. The summed E-state index contributed by atoms with van der Waals surface area (Å²) in [4.78, 5) is 0. The second kappa shape index (κ2) is 7.63. The number of allylic oxidation sites excluding steroid dienone is 8. The van der Waals surface area contributed by atoms with Crippen LogP contribution in [0.15, 0.2) is 48.1 Å². The van der Waals surface area contributed by atoms with Gasteiger partial charge in [0, 0.05) is 0 Å². The van der Waals surface area contributed by atoms with E-state index in [1.807, 2.05) is 13.0 Å². The number of hydrogen-bond acceptors (Lipinski definition) is 0. The van der Waals surface area contributed by atoms with Crippen LogP contribution in [-0.2, 0) is 0 Å². The molecule has 12 heavy (non-hydrogen) atoms. The zero-order chi connectivity index (χ0) is 9.23. The molecule has 1 aliphatic rings. The summed E-state index contributed by atoms with van der Waals surface area (Å²) in [6.45, 7) is 2.03. The van der Waals surface area contributed by atoms with Gasteiger partial charge in [-0.2, -0.15) is 0 Å². The molecule has 62 valence electrons. The standard InChI is InChI=1S/C10H12.C2H2/c1-2-3-7-10-8-5-4-6-9-10;1-2/h2-8H,9H2,1H3;1-2H/b3-2-,10-7-;. The Bertz CT molecular complexity index is 234. The molecule has 0 aliphatic heterocycles. The lowest BCUT2D eigenvalue weighted by molar-refractivity contribution is 1.26. The van der Waals surface area contributed by atoms with Crippen molar-refractivity contribution in [2.75, 3.05) is 0 Å². The second-order valence-electron chi connectivity index (χ2n) is 2.26. The van der Waals surface area contributed by atoms with Crippen LogP contribution in [0.25, 0.3) is 0 Å². The molecule has 0 fully saturated rings. The van der Waals surface area contributed by atoms with Crippen molar-refractivity contribution in [1.82, 2.24) is 0 Å². The summed E-state index contributed by atoms with van der Waals surface area (Å²) in [6, 6.07) is 0. The second-order valence-corrected chi connectivity index (χ2v) is 2.26. The van der Waals surface area contributed by atoms with Gasteiger partial charge in [0.2, 0.25) is 0 Å². The minimum absolute atomic E-state index is 1.07. The highest BCUT2D eigenvalue weighted by Gasteiger charge is 1.89. The third-order valence-electron chi connectivity index (χ3n) is 1.41. The zero-order valence-corrected chi connectivity index (χ0v) is 7.40. The first-order valence-electron chi connectivity index (χ1n) is 3.92. The Morgan fingerprint density at radius 1 is 1.33 bits per heavy atom. The Labute approximate surface area is 75.0 Å². The minimum Gasteiger partial charge on any atom is -0.124 e. The molecule has 0 bridgehead atoms. The van der Waals surface area contributed by atoms with Crippen LogP contribution in [0.4, 0.5) is 0 Å². The van der Waals surface area contributed by atoms with E-state index in [-0.39, 0.29) is 0 Å². The van der Waals surface area contributed by atoms with E-state index in [0.29, 0.717) is 0 Å². The Kier molecular flexibility index (Phi) is 6.68. The van der Waals surface area contributed by atoms with Crippen molar-refractivity contribution in [1.29, 1.82) is 0 Å². The van der Waals surface area contributed by atoms with Crippen molar-refractivity contribution >= 4 is 0 Å². The summed E-state index contributed by atoms with van der Waals surface area (Å²) < 4.78 is 0. The molecule has 0 heteroatoms. The van der Waals surface area contributed by atoms with E-state index in [1.165, 1.54) is 5.57 Å². The Morgan fingerprint density at radius 2 is 2.08 bits per heavy atom. The molecule has 0 atom stereocenters. The molecule has 0 radical (unpaired) electrons. The van der Waals surface area contributed by atoms with E-state index in [4.69, 9.17) is 0 Å². The number of rotatable bonds is 1. The van der Waals surface area contributed by atoms with E-state index < -0.39 is 0 Å². The molecule has 0 heterocycles. The smallest absolute Gasteiger partial charge is 0.00943 e. The van der Waals surface area contributed by atoms with Crippen LogP contribution in [0, 0.1) is 12.8 Å². The molecule has 1 rings (SSSR count). The monoisotopic (exact) mass is 158 g/mol. The van der Waals surface area contributed by atoms with Crippen LogP contribution in [0.1, 0.15) is 13.3 Å². The summed E-state index contributed by atoms with van der Waals surface area (Å²) in [7, 11) is 0. The van der Waals surface area contributed by atoms with Gasteiger partial charge >= 0.3 is 0 Å². The van der Waals surface area contributed by atoms with Crippen molar-refractivity contribution < 1.29 is 0 Å². The van der Waals surface area contributed by atoms with Gasteiger partial charge < -0.3 is 0 Å². The molecule has 0 aromatic rings. The van der Waals surface area contributed by atoms with Gasteiger partial charge in [-0.15, -0.1) is 12.8 Å². The minimum atomic E-state index is 1.07. The fraction of sp³-hybridized carbons (Fsp3) is 0.167. The first-order valence-corrected chi connectivity index (χ1v) is 3.92. The summed E-state index contributed by atoms with van der Waals surface area (Å²) in [5, 5.41) is 0. The zero-order valence-electron chi connectivity index (χ0n) is 7.40. The molecule has 0 unspecified atom stereocenters. The van der Waals surface area contributed by atoms with E-state index in [0.717, 1.165) is 6.42 Å². The summed E-state index contributed by atoms with van der Waals surface area (Å²) in [5.41, 5.74) is 1.38. The topological polar surface area (TPSA) is 0 Å². The van der Waals surface area contributed by atoms with Crippen molar-refractivity contribution in [3.63, 3.8) is 0 Å². The van der Waals surface area contributed by atoms with Gasteiger partial charge in [-0.1, -0.05) is 42.5 Å². The maximum atomic E-state index is 4.00. The van der Waals surface area contributed by atoms with E-state index in [9.17, 15) is 0 Å². The van der Waals surface area contributed by atoms with Crippen LogP contribution in [-0.4, -0.2) is 0 Å². The van der Waals surface area contributed by atoms with Crippen LogP contribution in [0.5, 0.6) is 0 Å². The van der Waals surface area contributed by atoms with Crippen molar-refractivity contribution in [3.8, 4) is 12.8 Å². The molecule has 0 aromatic heterocycles. The predicted molar refractivity (Wildman–Crippen MR) is 55.7 cm³/mol. The third kappa shape index (κ3) is 4.35. The first kappa shape index (κ1) is 10.5. The molecule has 0 amide bonds. The van der Waals surface area contributed by atoms with Crippen molar-refractivity contribution in [2.45, 2.75) is 13.3 Å². The summed E-state index contributed by atoms with van der Waals surface area (Å²) in [6.07, 6.45) is 23.8. The molecule has 0 saturated heterocycles. The Morgan fingerprint density at radius 3 is 2.58 bits per heavy atom. The van der Waals surface area contributed by atoms with Gasteiger partial charge in [-0.25, -0.2) is 0 Å². The molecule has 0 spiro atoms. The van der Waals surface area contributed by atoms with Crippen LogP contribution in [0.2, 0.25) is 0 Å².